The summed E-state index contributed by atoms with van der Waals surface area (Å²) in [6, 6.07) is 0.296. The van der Waals surface area contributed by atoms with Crippen LogP contribution in [0.2, 0.25) is 0 Å². The van der Waals surface area contributed by atoms with Crippen molar-refractivity contribution in [3.05, 3.63) is 0 Å². The van der Waals surface area contributed by atoms with Crippen molar-refractivity contribution in [1.29, 1.82) is 0 Å². The number of hydrogen-bond donors (Lipinski definition) is 1. The lowest BCUT2D eigenvalue weighted by Gasteiger charge is -2.32. The number of ether oxygens (including phenoxy) is 1. The molecular formula is C14H28N2O2S. The van der Waals surface area contributed by atoms with Crippen LogP contribution in [-0.4, -0.2) is 54.7 Å². The SMILES string of the molecule is CCOC(=O)C(N)CCSCCC1CCCCN1C. The van der Waals surface area contributed by atoms with Gasteiger partial charge in [0, 0.05) is 6.04 Å². The lowest BCUT2D eigenvalue weighted by molar-refractivity contribution is -0.144. The Labute approximate surface area is 121 Å². The van der Waals surface area contributed by atoms with Crippen LogP contribution in [0.4, 0.5) is 0 Å². The molecule has 0 aromatic heterocycles. The smallest absolute Gasteiger partial charge is 0.322 e. The largest absolute Gasteiger partial charge is 0.465 e. The Morgan fingerprint density at radius 3 is 2.95 bits per heavy atom. The quantitative estimate of drug-likeness (QED) is 0.546. The van der Waals surface area contributed by atoms with Crippen molar-refractivity contribution in [2.75, 3.05) is 31.7 Å². The molecule has 4 nitrogen and oxygen atoms in total. The van der Waals surface area contributed by atoms with E-state index in [4.69, 9.17) is 10.5 Å². The molecule has 2 N–H and O–H groups in total. The minimum Gasteiger partial charge on any atom is -0.465 e. The second kappa shape index (κ2) is 9.61. The van der Waals surface area contributed by atoms with Crippen molar-refractivity contribution < 1.29 is 9.53 Å². The highest BCUT2D eigenvalue weighted by atomic mass is 32.2. The van der Waals surface area contributed by atoms with Crippen molar-refractivity contribution in [3.63, 3.8) is 0 Å². The van der Waals surface area contributed by atoms with Gasteiger partial charge in [-0.25, -0.2) is 0 Å². The minimum absolute atomic E-state index is 0.268. The summed E-state index contributed by atoms with van der Waals surface area (Å²) in [5, 5.41) is 0. The number of carbonyl (C=O) groups excluding carboxylic acids is 1. The Balaban J connectivity index is 2.02. The number of hydrogen-bond acceptors (Lipinski definition) is 5. The van der Waals surface area contributed by atoms with E-state index in [2.05, 4.69) is 11.9 Å². The summed E-state index contributed by atoms with van der Waals surface area (Å²) in [5.41, 5.74) is 5.75. The number of rotatable bonds is 8. The molecule has 0 spiro atoms. The van der Waals surface area contributed by atoms with Crippen LogP contribution in [0.5, 0.6) is 0 Å². The molecule has 0 aromatic rings. The number of carbonyl (C=O) groups is 1. The zero-order valence-corrected chi connectivity index (χ0v) is 13.1. The average molecular weight is 288 g/mol. The van der Waals surface area contributed by atoms with Crippen molar-refractivity contribution in [3.8, 4) is 0 Å². The molecule has 0 bridgehead atoms. The molecule has 0 saturated carbocycles. The maximum atomic E-state index is 11.3. The molecule has 0 aromatic carbocycles. The highest BCUT2D eigenvalue weighted by Crippen LogP contribution is 2.19. The standard InChI is InChI=1S/C14H28N2O2S/c1-3-18-14(17)13(15)8-11-19-10-7-12-6-4-5-9-16(12)2/h12-13H,3-11,15H2,1-2H3. The number of nitrogens with zero attached hydrogens (tertiary/aromatic N) is 1. The van der Waals surface area contributed by atoms with E-state index in [0.29, 0.717) is 13.0 Å². The van der Waals surface area contributed by atoms with Crippen LogP contribution in [0.25, 0.3) is 0 Å². The molecule has 1 rings (SSSR count). The molecule has 0 radical (unpaired) electrons. The molecule has 1 heterocycles. The van der Waals surface area contributed by atoms with Gasteiger partial charge in [-0.2, -0.15) is 11.8 Å². The van der Waals surface area contributed by atoms with Gasteiger partial charge in [0.1, 0.15) is 6.04 Å². The fourth-order valence-corrected chi connectivity index (χ4v) is 3.47. The van der Waals surface area contributed by atoms with Gasteiger partial charge >= 0.3 is 5.97 Å². The molecule has 1 saturated heterocycles. The van der Waals surface area contributed by atoms with E-state index in [1.165, 1.54) is 32.2 Å². The zero-order chi connectivity index (χ0) is 14.1. The molecule has 0 aliphatic carbocycles. The molecule has 19 heavy (non-hydrogen) atoms. The van der Waals surface area contributed by atoms with Gasteiger partial charge in [0.05, 0.1) is 6.61 Å². The van der Waals surface area contributed by atoms with Gasteiger partial charge in [-0.15, -0.1) is 0 Å². The third-order valence-corrected chi connectivity index (χ3v) is 4.73. The van der Waals surface area contributed by atoms with Gasteiger partial charge < -0.3 is 15.4 Å². The summed E-state index contributed by atoms with van der Waals surface area (Å²) < 4.78 is 4.89. The Morgan fingerprint density at radius 2 is 2.26 bits per heavy atom. The molecule has 5 heteroatoms. The highest BCUT2D eigenvalue weighted by molar-refractivity contribution is 7.99. The van der Waals surface area contributed by atoms with Gasteiger partial charge in [0.15, 0.2) is 0 Å². The predicted molar refractivity (Wildman–Crippen MR) is 81.4 cm³/mol. The number of likely N-dealkylation sites (tertiary alicyclic amines) is 1. The fourth-order valence-electron chi connectivity index (χ4n) is 2.41. The van der Waals surface area contributed by atoms with Crippen LogP contribution in [0.3, 0.4) is 0 Å². The Bertz CT molecular complexity index is 264. The number of nitrogens with two attached hydrogens (primary N) is 1. The van der Waals surface area contributed by atoms with E-state index in [1.807, 2.05) is 11.8 Å². The highest BCUT2D eigenvalue weighted by Gasteiger charge is 2.18. The van der Waals surface area contributed by atoms with Gasteiger partial charge in [0.2, 0.25) is 0 Å². The van der Waals surface area contributed by atoms with Crippen molar-refractivity contribution in [2.24, 2.45) is 5.73 Å². The lowest BCUT2D eigenvalue weighted by atomic mass is 10.0. The topological polar surface area (TPSA) is 55.6 Å². The van der Waals surface area contributed by atoms with E-state index in [0.717, 1.165) is 17.5 Å². The first-order chi connectivity index (χ1) is 9.15. The number of esters is 1. The van der Waals surface area contributed by atoms with Gasteiger partial charge in [-0.1, -0.05) is 6.42 Å². The summed E-state index contributed by atoms with van der Waals surface area (Å²) in [5.74, 6) is 1.83. The number of piperidine rings is 1. The normalized spacial score (nSPS) is 22.2. The maximum Gasteiger partial charge on any atom is 0.322 e. The molecule has 0 amide bonds. The zero-order valence-electron chi connectivity index (χ0n) is 12.3. The van der Waals surface area contributed by atoms with Crippen molar-refractivity contribution in [1.82, 2.24) is 4.90 Å². The molecule has 112 valence electrons. The summed E-state index contributed by atoms with van der Waals surface area (Å²) >= 11 is 1.90. The molecule has 1 aliphatic rings. The van der Waals surface area contributed by atoms with E-state index in [-0.39, 0.29) is 5.97 Å². The first kappa shape index (κ1) is 16.8. The maximum absolute atomic E-state index is 11.3. The van der Waals surface area contributed by atoms with Gasteiger partial charge in [-0.3, -0.25) is 4.79 Å². The van der Waals surface area contributed by atoms with Crippen LogP contribution in [0, 0.1) is 0 Å². The average Bonchev–Trinajstić information content (AvgIpc) is 2.40. The molecule has 2 atom stereocenters. The molecule has 2 unspecified atom stereocenters. The first-order valence-electron chi connectivity index (χ1n) is 7.35. The van der Waals surface area contributed by atoms with Crippen LogP contribution in [-0.2, 0) is 9.53 Å². The third-order valence-electron chi connectivity index (χ3n) is 3.68. The number of thioether (sulfide) groups is 1. The first-order valence-corrected chi connectivity index (χ1v) is 8.50. The third kappa shape index (κ3) is 6.63. The van der Waals surface area contributed by atoms with Crippen LogP contribution in [0.15, 0.2) is 0 Å². The van der Waals surface area contributed by atoms with Crippen molar-refractivity contribution in [2.45, 2.75) is 51.1 Å². The monoisotopic (exact) mass is 288 g/mol. The summed E-state index contributed by atoms with van der Waals surface area (Å²) in [4.78, 5) is 13.8. The molecular weight excluding hydrogens is 260 g/mol. The summed E-state index contributed by atoms with van der Waals surface area (Å²) in [6.45, 7) is 3.46. The second-order valence-electron chi connectivity index (χ2n) is 5.18. The van der Waals surface area contributed by atoms with Crippen LogP contribution >= 0.6 is 11.8 Å². The van der Waals surface area contributed by atoms with Crippen molar-refractivity contribution >= 4 is 17.7 Å². The van der Waals surface area contributed by atoms with E-state index >= 15 is 0 Å². The predicted octanol–water partition coefficient (Wildman–Crippen LogP) is 1.87. The van der Waals surface area contributed by atoms with Crippen LogP contribution < -0.4 is 5.73 Å². The second-order valence-corrected chi connectivity index (χ2v) is 6.40. The van der Waals surface area contributed by atoms with Gasteiger partial charge in [0.25, 0.3) is 0 Å². The Hall–Kier alpha value is -0.260. The van der Waals surface area contributed by atoms with E-state index < -0.39 is 6.04 Å². The fraction of sp³-hybridized carbons (Fsp3) is 0.929. The molecule has 1 fully saturated rings. The minimum atomic E-state index is -0.454. The van der Waals surface area contributed by atoms with Gasteiger partial charge in [-0.05, 0) is 57.7 Å². The van der Waals surface area contributed by atoms with E-state index in [9.17, 15) is 4.79 Å². The Morgan fingerprint density at radius 1 is 1.47 bits per heavy atom. The molecule has 1 aliphatic heterocycles. The lowest BCUT2D eigenvalue weighted by Crippen LogP contribution is -2.36. The summed E-state index contributed by atoms with van der Waals surface area (Å²) in [6.07, 6.45) is 6.00. The van der Waals surface area contributed by atoms with E-state index in [1.54, 1.807) is 6.92 Å². The Kier molecular flexibility index (Phi) is 8.50. The summed E-state index contributed by atoms with van der Waals surface area (Å²) in [7, 11) is 2.23. The van der Waals surface area contributed by atoms with Crippen LogP contribution in [0.1, 0.15) is 39.0 Å².